The topological polar surface area (TPSA) is 12.4 Å². The Morgan fingerprint density at radius 2 is 2.42 bits per heavy atom. The highest BCUT2D eigenvalue weighted by Gasteiger charge is 2.34. The minimum absolute atomic E-state index is 0.0886. The van der Waals surface area contributed by atoms with Gasteiger partial charge in [0.2, 0.25) is 0 Å². The van der Waals surface area contributed by atoms with Crippen LogP contribution in [0.4, 0.5) is 0 Å². The highest BCUT2D eigenvalue weighted by atomic mass is 127. The molecule has 2 rings (SSSR count). The fourth-order valence-electron chi connectivity index (χ4n) is 1.62. The zero-order chi connectivity index (χ0) is 8.60. The van der Waals surface area contributed by atoms with Gasteiger partial charge in [-0.1, -0.05) is 52.5 Å². The number of allylic oxidation sites excluding steroid dienone is 5. The summed E-state index contributed by atoms with van der Waals surface area (Å²) in [7, 11) is 0. The van der Waals surface area contributed by atoms with Crippen molar-refractivity contribution < 1.29 is 0 Å². The Hall–Kier alpha value is -0.380. The van der Waals surface area contributed by atoms with E-state index in [2.05, 4.69) is 58.8 Å². The Kier molecular flexibility index (Phi) is 1.94. The molecule has 1 nitrogen and oxygen atoms in total. The number of aliphatic imine (C=N–C) groups is 1. The molecule has 2 aliphatic rings. The summed E-state index contributed by atoms with van der Waals surface area (Å²) in [5.41, 5.74) is 1.41. The second kappa shape index (κ2) is 2.83. The van der Waals surface area contributed by atoms with Gasteiger partial charge >= 0.3 is 0 Å². The van der Waals surface area contributed by atoms with Crippen LogP contribution in [-0.2, 0) is 0 Å². The first-order valence-electron chi connectivity index (χ1n) is 3.98. The van der Waals surface area contributed by atoms with Crippen LogP contribution in [0.2, 0.25) is 0 Å². The van der Waals surface area contributed by atoms with Crippen LogP contribution in [0, 0.1) is 5.92 Å². The smallest absolute Gasteiger partial charge is 0.0854 e. The molecule has 0 aromatic carbocycles. The molecule has 12 heavy (non-hydrogen) atoms. The molecule has 1 aliphatic carbocycles. The van der Waals surface area contributed by atoms with Crippen molar-refractivity contribution in [2.75, 3.05) is 0 Å². The molecule has 0 bridgehead atoms. The Bertz CT molecular complexity index is 312. The van der Waals surface area contributed by atoms with Crippen molar-refractivity contribution in [3.63, 3.8) is 0 Å². The SMILES string of the molecule is CC1=CC=C[C@]2(I)C=NC=CC12. The highest BCUT2D eigenvalue weighted by molar-refractivity contribution is 14.1. The second-order valence-electron chi connectivity index (χ2n) is 3.19. The minimum atomic E-state index is 0.0886. The number of alkyl halides is 1. The average Bonchev–Trinajstić information content (AvgIpc) is 2.04. The van der Waals surface area contributed by atoms with Gasteiger partial charge in [0.25, 0.3) is 0 Å². The number of hydrogen-bond donors (Lipinski definition) is 0. The van der Waals surface area contributed by atoms with E-state index >= 15 is 0 Å². The lowest BCUT2D eigenvalue weighted by Crippen LogP contribution is -2.33. The fourth-order valence-corrected chi connectivity index (χ4v) is 2.69. The van der Waals surface area contributed by atoms with E-state index in [1.54, 1.807) is 0 Å². The Morgan fingerprint density at radius 1 is 1.58 bits per heavy atom. The van der Waals surface area contributed by atoms with Gasteiger partial charge in [-0.2, -0.15) is 0 Å². The van der Waals surface area contributed by atoms with Crippen LogP contribution in [0.15, 0.2) is 41.1 Å². The maximum atomic E-state index is 4.18. The van der Waals surface area contributed by atoms with Crippen molar-refractivity contribution >= 4 is 28.8 Å². The van der Waals surface area contributed by atoms with Gasteiger partial charge < -0.3 is 0 Å². The minimum Gasteiger partial charge on any atom is -0.268 e. The van der Waals surface area contributed by atoms with Crippen LogP contribution < -0.4 is 0 Å². The molecule has 0 aromatic heterocycles. The molecule has 1 unspecified atom stereocenters. The lowest BCUT2D eigenvalue weighted by atomic mass is 9.82. The van der Waals surface area contributed by atoms with Gasteiger partial charge in [-0.05, 0) is 6.92 Å². The molecular formula is C10H10IN. The lowest BCUT2D eigenvalue weighted by Gasteiger charge is -2.32. The van der Waals surface area contributed by atoms with E-state index in [1.807, 2.05) is 12.4 Å². The van der Waals surface area contributed by atoms with Crippen molar-refractivity contribution in [2.24, 2.45) is 10.9 Å². The maximum absolute atomic E-state index is 4.18. The zero-order valence-corrected chi connectivity index (χ0v) is 9.02. The summed E-state index contributed by atoms with van der Waals surface area (Å²) in [6.07, 6.45) is 12.6. The third-order valence-electron chi connectivity index (χ3n) is 2.31. The first-order valence-corrected chi connectivity index (χ1v) is 5.06. The molecule has 0 radical (unpaired) electrons. The number of nitrogens with zero attached hydrogens (tertiary/aromatic N) is 1. The first kappa shape index (κ1) is 8.23. The van der Waals surface area contributed by atoms with E-state index in [-0.39, 0.29) is 3.42 Å². The van der Waals surface area contributed by atoms with Gasteiger partial charge in [-0.25, -0.2) is 0 Å². The summed E-state index contributed by atoms with van der Waals surface area (Å²) in [5.74, 6) is 0.501. The van der Waals surface area contributed by atoms with E-state index in [0.717, 1.165) is 0 Å². The Balaban J connectivity index is 2.44. The monoisotopic (exact) mass is 271 g/mol. The van der Waals surface area contributed by atoms with Crippen molar-refractivity contribution in [3.8, 4) is 0 Å². The van der Waals surface area contributed by atoms with E-state index in [4.69, 9.17) is 0 Å². The third kappa shape index (κ3) is 1.18. The van der Waals surface area contributed by atoms with Gasteiger partial charge in [0.1, 0.15) is 0 Å². The summed E-state index contributed by atoms with van der Waals surface area (Å²) in [4.78, 5) is 4.18. The molecule has 1 aliphatic heterocycles. The molecule has 62 valence electrons. The van der Waals surface area contributed by atoms with Crippen LogP contribution in [0.5, 0.6) is 0 Å². The van der Waals surface area contributed by atoms with Gasteiger partial charge in [-0.3, -0.25) is 4.99 Å². The van der Waals surface area contributed by atoms with Crippen molar-refractivity contribution in [1.29, 1.82) is 0 Å². The van der Waals surface area contributed by atoms with E-state index in [1.165, 1.54) is 5.57 Å². The Morgan fingerprint density at radius 3 is 3.17 bits per heavy atom. The predicted molar refractivity (Wildman–Crippen MR) is 60.8 cm³/mol. The van der Waals surface area contributed by atoms with Crippen LogP contribution in [0.25, 0.3) is 0 Å². The molecule has 0 amide bonds. The molecule has 0 fully saturated rings. The van der Waals surface area contributed by atoms with Crippen molar-refractivity contribution in [1.82, 2.24) is 0 Å². The summed E-state index contributed by atoms with van der Waals surface area (Å²) < 4.78 is 0.0886. The summed E-state index contributed by atoms with van der Waals surface area (Å²) in [6.45, 7) is 2.17. The number of fused-ring (bicyclic) bond motifs is 1. The van der Waals surface area contributed by atoms with E-state index in [9.17, 15) is 0 Å². The van der Waals surface area contributed by atoms with Crippen molar-refractivity contribution in [3.05, 3.63) is 36.1 Å². The molecule has 2 atom stereocenters. The van der Waals surface area contributed by atoms with Gasteiger partial charge in [0.05, 0.1) is 3.42 Å². The molecule has 0 spiro atoms. The van der Waals surface area contributed by atoms with Crippen LogP contribution >= 0.6 is 22.6 Å². The Labute approximate surface area is 86.1 Å². The zero-order valence-electron chi connectivity index (χ0n) is 6.87. The largest absolute Gasteiger partial charge is 0.268 e. The summed E-state index contributed by atoms with van der Waals surface area (Å²) in [5, 5.41) is 0. The highest BCUT2D eigenvalue weighted by Crippen LogP contribution is 2.38. The molecular weight excluding hydrogens is 261 g/mol. The third-order valence-corrected chi connectivity index (χ3v) is 3.62. The van der Waals surface area contributed by atoms with Crippen LogP contribution in [0.1, 0.15) is 6.92 Å². The van der Waals surface area contributed by atoms with E-state index in [0.29, 0.717) is 5.92 Å². The van der Waals surface area contributed by atoms with Crippen LogP contribution in [-0.4, -0.2) is 9.64 Å². The van der Waals surface area contributed by atoms with Crippen molar-refractivity contribution in [2.45, 2.75) is 10.3 Å². The summed E-state index contributed by atoms with van der Waals surface area (Å²) in [6, 6.07) is 0. The number of hydrogen-bond acceptors (Lipinski definition) is 1. The average molecular weight is 271 g/mol. The summed E-state index contributed by atoms with van der Waals surface area (Å²) >= 11 is 2.45. The number of halogens is 1. The standard InChI is InChI=1S/C10H10IN/c1-8-3-2-5-10(11)7-12-6-4-9(8)10/h2-7,9H,1H3/t9?,10-/m0/s1. The van der Waals surface area contributed by atoms with E-state index < -0.39 is 0 Å². The molecule has 0 N–H and O–H groups in total. The molecule has 0 saturated heterocycles. The fraction of sp³-hybridized carbons (Fsp3) is 0.300. The maximum Gasteiger partial charge on any atom is 0.0854 e. The molecule has 1 heterocycles. The van der Waals surface area contributed by atoms with Gasteiger partial charge in [-0.15, -0.1) is 0 Å². The van der Waals surface area contributed by atoms with Crippen LogP contribution in [0.3, 0.4) is 0 Å². The normalized spacial score (nSPS) is 37.8. The first-order chi connectivity index (χ1) is 5.72. The van der Waals surface area contributed by atoms with Gasteiger partial charge in [0, 0.05) is 18.3 Å². The molecule has 0 aromatic rings. The predicted octanol–water partition coefficient (Wildman–Crippen LogP) is 2.89. The quantitative estimate of drug-likeness (QED) is 0.474. The number of rotatable bonds is 0. The molecule has 2 heteroatoms. The van der Waals surface area contributed by atoms with Gasteiger partial charge in [0.15, 0.2) is 0 Å². The second-order valence-corrected chi connectivity index (χ2v) is 5.06. The lowest BCUT2D eigenvalue weighted by molar-refractivity contribution is 0.727. The molecule has 0 saturated carbocycles.